The zero-order valence-electron chi connectivity index (χ0n) is 15.3. The molecule has 1 aromatic carbocycles. The highest BCUT2D eigenvalue weighted by Gasteiger charge is 2.25. The van der Waals surface area contributed by atoms with Crippen LogP contribution in [0.1, 0.15) is 37.3 Å². The summed E-state index contributed by atoms with van der Waals surface area (Å²) in [5.41, 5.74) is 1.42. The third-order valence-corrected chi connectivity index (χ3v) is 5.68. The van der Waals surface area contributed by atoms with E-state index in [4.69, 9.17) is 4.74 Å². The van der Waals surface area contributed by atoms with Crippen molar-refractivity contribution < 1.29 is 4.74 Å². The molecular formula is C20H33N3O. The van der Waals surface area contributed by atoms with E-state index in [0.29, 0.717) is 18.2 Å². The molecular weight excluding hydrogens is 298 g/mol. The first-order chi connectivity index (χ1) is 11.7. The van der Waals surface area contributed by atoms with Crippen molar-refractivity contribution in [3.63, 3.8) is 0 Å². The smallest absolute Gasteiger partial charge is 0.0572 e. The van der Waals surface area contributed by atoms with Gasteiger partial charge in [0.1, 0.15) is 0 Å². The highest BCUT2D eigenvalue weighted by Crippen LogP contribution is 2.24. The van der Waals surface area contributed by atoms with Gasteiger partial charge in [0.2, 0.25) is 0 Å². The van der Waals surface area contributed by atoms with E-state index in [1.165, 1.54) is 57.4 Å². The lowest BCUT2D eigenvalue weighted by Crippen LogP contribution is -2.48. The summed E-state index contributed by atoms with van der Waals surface area (Å²) in [4.78, 5) is 5.04. The van der Waals surface area contributed by atoms with Gasteiger partial charge in [0.25, 0.3) is 0 Å². The first kappa shape index (κ1) is 17.9. The van der Waals surface area contributed by atoms with Crippen molar-refractivity contribution in [3.05, 3.63) is 35.9 Å². The molecule has 1 saturated heterocycles. The van der Waals surface area contributed by atoms with Gasteiger partial charge in [-0.25, -0.2) is 0 Å². The molecule has 0 radical (unpaired) electrons. The van der Waals surface area contributed by atoms with Crippen molar-refractivity contribution in [3.8, 4) is 0 Å². The van der Waals surface area contributed by atoms with E-state index < -0.39 is 0 Å². The zero-order valence-corrected chi connectivity index (χ0v) is 15.3. The molecule has 1 aliphatic carbocycles. The van der Waals surface area contributed by atoms with E-state index in [1.54, 1.807) is 0 Å². The van der Waals surface area contributed by atoms with E-state index in [0.717, 1.165) is 6.54 Å². The number of likely N-dealkylation sites (N-methyl/N-ethyl adjacent to an activating group) is 1. The molecule has 1 heterocycles. The summed E-state index contributed by atoms with van der Waals surface area (Å²) in [6.07, 6.45) is 5.29. The maximum absolute atomic E-state index is 5.52. The summed E-state index contributed by atoms with van der Waals surface area (Å²) >= 11 is 0. The molecule has 134 valence electrons. The number of benzene rings is 1. The van der Waals surface area contributed by atoms with Gasteiger partial charge in [-0.3, -0.25) is 4.90 Å². The maximum Gasteiger partial charge on any atom is 0.0572 e. The van der Waals surface area contributed by atoms with E-state index in [2.05, 4.69) is 52.5 Å². The number of piperazine rings is 1. The van der Waals surface area contributed by atoms with E-state index in [1.807, 2.05) is 7.11 Å². The monoisotopic (exact) mass is 331 g/mol. The van der Waals surface area contributed by atoms with Gasteiger partial charge in [-0.15, -0.1) is 0 Å². The molecule has 24 heavy (non-hydrogen) atoms. The molecule has 0 spiro atoms. The Kier molecular flexibility index (Phi) is 6.67. The fourth-order valence-electron chi connectivity index (χ4n) is 3.98. The quantitative estimate of drug-likeness (QED) is 0.867. The van der Waals surface area contributed by atoms with Gasteiger partial charge in [0.05, 0.1) is 6.10 Å². The molecule has 1 atom stereocenters. The Labute approximate surface area is 147 Å². The molecule has 0 aromatic heterocycles. The van der Waals surface area contributed by atoms with Crippen LogP contribution in [-0.4, -0.2) is 68.8 Å². The fourth-order valence-corrected chi connectivity index (χ4v) is 3.98. The number of rotatable bonds is 6. The lowest BCUT2D eigenvalue weighted by atomic mass is 9.91. The molecule has 2 aliphatic rings. The van der Waals surface area contributed by atoms with Crippen LogP contribution in [0.15, 0.2) is 30.3 Å². The molecule has 2 fully saturated rings. The Morgan fingerprint density at radius 2 is 1.71 bits per heavy atom. The highest BCUT2D eigenvalue weighted by molar-refractivity contribution is 5.19. The minimum Gasteiger partial charge on any atom is -0.381 e. The van der Waals surface area contributed by atoms with Crippen LogP contribution in [0.25, 0.3) is 0 Å². The first-order valence-corrected chi connectivity index (χ1v) is 9.49. The van der Waals surface area contributed by atoms with Crippen molar-refractivity contribution >= 4 is 0 Å². The summed E-state index contributed by atoms with van der Waals surface area (Å²) in [5, 5.41) is 3.96. The molecule has 0 unspecified atom stereocenters. The lowest BCUT2D eigenvalue weighted by molar-refractivity contribution is 0.0594. The SMILES string of the molecule is COC1CCC(N[C@H](CN2CCN(C)CC2)c2ccccc2)CC1. The number of methoxy groups -OCH3 is 1. The van der Waals surface area contributed by atoms with Crippen LogP contribution in [0, 0.1) is 0 Å². The molecule has 1 N–H and O–H groups in total. The zero-order chi connectivity index (χ0) is 16.8. The molecule has 1 aromatic rings. The largest absolute Gasteiger partial charge is 0.381 e. The van der Waals surface area contributed by atoms with Gasteiger partial charge in [0.15, 0.2) is 0 Å². The van der Waals surface area contributed by atoms with Gasteiger partial charge in [-0.1, -0.05) is 30.3 Å². The average Bonchev–Trinajstić information content (AvgIpc) is 2.64. The molecule has 1 saturated carbocycles. The topological polar surface area (TPSA) is 27.7 Å². The van der Waals surface area contributed by atoms with Crippen LogP contribution in [0.2, 0.25) is 0 Å². The molecule has 0 bridgehead atoms. The second-order valence-electron chi connectivity index (χ2n) is 7.44. The summed E-state index contributed by atoms with van der Waals surface area (Å²) in [6.45, 7) is 5.83. The van der Waals surface area contributed by atoms with Gasteiger partial charge in [0, 0.05) is 51.9 Å². The standard InChI is InChI=1S/C20H33N3O/c1-22-12-14-23(15-13-22)16-20(17-6-4-3-5-7-17)21-18-8-10-19(24-2)11-9-18/h3-7,18-21H,8-16H2,1-2H3/t18?,19?,20-/m1/s1. The number of nitrogens with one attached hydrogen (secondary N) is 1. The van der Waals surface area contributed by atoms with E-state index in [-0.39, 0.29) is 0 Å². The second kappa shape index (κ2) is 8.95. The highest BCUT2D eigenvalue weighted by atomic mass is 16.5. The predicted molar refractivity (Wildman–Crippen MR) is 99.3 cm³/mol. The summed E-state index contributed by atoms with van der Waals surface area (Å²) in [5.74, 6) is 0. The Morgan fingerprint density at radius 1 is 1.04 bits per heavy atom. The third-order valence-electron chi connectivity index (χ3n) is 5.68. The number of hydrogen-bond donors (Lipinski definition) is 1. The number of nitrogens with zero attached hydrogens (tertiary/aromatic N) is 2. The average molecular weight is 332 g/mol. The van der Waals surface area contributed by atoms with Crippen LogP contribution in [-0.2, 0) is 4.74 Å². The van der Waals surface area contributed by atoms with Gasteiger partial charge < -0.3 is 15.0 Å². The molecule has 1 aliphatic heterocycles. The maximum atomic E-state index is 5.52. The van der Waals surface area contributed by atoms with Gasteiger partial charge in [-0.05, 0) is 38.3 Å². The van der Waals surface area contributed by atoms with E-state index in [9.17, 15) is 0 Å². The minimum absolute atomic E-state index is 0.429. The van der Waals surface area contributed by atoms with Gasteiger partial charge in [-0.2, -0.15) is 0 Å². The van der Waals surface area contributed by atoms with Crippen molar-refractivity contribution in [2.75, 3.05) is 46.9 Å². The minimum atomic E-state index is 0.429. The van der Waals surface area contributed by atoms with Crippen molar-refractivity contribution in [1.29, 1.82) is 0 Å². The molecule has 4 heteroatoms. The predicted octanol–water partition coefficient (Wildman–Crippen LogP) is 2.52. The lowest BCUT2D eigenvalue weighted by Gasteiger charge is -2.37. The molecule has 3 rings (SSSR count). The van der Waals surface area contributed by atoms with Gasteiger partial charge >= 0.3 is 0 Å². The Bertz CT molecular complexity index is 465. The Hall–Kier alpha value is -0.940. The molecule has 4 nitrogen and oxygen atoms in total. The Morgan fingerprint density at radius 3 is 2.33 bits per heavy atom. The second-order valence-corrected chi connectivity index (χ2v) is 7.44. The van der Waals surface area contributed by atoms with Crippen LogP contribution >= 0.6 is 0 Å². The van der Waals surface area contributed by atoms with Crippen LogP contribution in [0.5, 0.6) is 0 Å². The van der Waals surface area contributed by atoms with Crippen molar-refractivity contribution in [2.45, 2.75) is 43.9 Å². The third kappa shape index (κ3) is 5.03. The summed E-state index contributed by atoms with van der Waals surface area (Å²) < 4.78 is 5.52. The number of ether oxygens (including phenoxy) is 1. The van der Waals surface area contributed by atoms with Crippen LogP contribution in [0.4, 0.5) is 0 Å². The normalized spacial score (nSPS) is 27.9. The van der Waals surface area contributed by atoms with E-state index >= 15 is 0 Å². The van der Waals surface area contributed by atoms with Crippen LogP contribution < -0.4 is 5.32 Å². The Balaban J connectivity index is 1.60. The summed E-state index contributed by atoms with van der Waals surface area (Å²) in [6, 6.07) is 12.0. The fraction of sp³-hybridized carbons (Fsp3) is 0.700. The van der Waals surface area contributed by atoms with Crippen LogP contribution in [0.3, 0.4) is 0 Å². The van der Waals surface area contributed by atoms with Crippen molar-refractivity contribution in [1.82, 2.24) is 15.1 Å². The number of hydrogen-bond acceptors (Lipinski definition) is 4. The summed E-state index contributed by atoms with van der Waals surface area (Å²) in [7, 11) is 4.07. The molecule has 0 amide bonds. The first-order valence-electron chi connectivity index (χ1n) is 9.49. The van der Waals surface area contributed by atoms with Crippen molar-refractivity contribution in [2.24, 2.45) is 0 Å².